The highest BCUT2D eigenvalue weighted by Gasteiger charge is 2.59. The van der Waals surface area contributed by atoms with Crippen LogP contribution in [-0.4, -0.2) is 11.3 Å². The molecule has 1 aromatic heterocycles. The predicted molar refractivity (Wildman–Crippen MR) is 449 cm³/mol. The van der Waals surface area contributed by atoms with Gasteiger partial charge in [0.1, 0.15) is 0 Å². The van der Waals surface area contributed by atoms with Gasteiger partial charge in [-0.25, -0.2) is 0 Å². The topological polar surface area (TPSA) is 11.4 Å². The van der Waals surface area contributed by atoms with Gasteiger partial charge in [-0.1, -0.05) is 328 Å². The van der Waals surface area contributed by atoms with Crippen LogP contribution in [0.1, 0.15) is 66.8 Å². The lowest BCUT2D eigenvalue weighted by molar-refractivity contribution is 0.791. The molecular weight excluding hydrogens is 1310 g/mol. The minimum Gasteiger partial charge on any atom is -0.311 e. The van der Waals surface area contributed by atoms with Crippen molar-refractivity contribution in [3.05, 3.63) is 443 Å². The molecule has 6 aliphatic carbocycles. The molecule has 109 heavy (non-hydrogen) atoms. The first kappa shape index (κ1) is 58.5. The zero-order valence-corrected chi connectivity index (χ0v) is 59.2. The van der Waals surface area contributed by atoms with Crippen molar-refractivity contribution in [2.24, 2.45) is 0 Å². The number of anilines is 6. The van der Waals surface area contributed by atoms with Gasteiger partial charge >= 0.3 is 0 Å². The van der Waals surface area contributed by atoms with Crippen LogP contribution in [0.25, 0.3) is 105 Å². The lowest BCUT2D eigenvalue weighted by Gasteiger charge is -2.47. The van der Waals surface area contributed by atoms with E-state index in [1.165, 1.54) is 183 Å². The van der Waals surface area contributed by atoms with Crippen molar-refractivity contribution in [1.29, 1.82) is 0 Å². The summed E-state index contributed by atoms with van der Waals surface area (Å²) >= 11 is 0. The van der Waals surface area contributed by atoms with Crippen molar-refractivity contribution in [2.75, 3.05) is 9.80 Å². The van der Waals surface area contributed by atoms with Crippen LogP contribution in [0.4, 0.5) is 34.1 Å². The lowest BCUT2D eigenvalue weighted by Crippen LogP contribution is -2.62. The van der Waals surface area contributed by atoms with Crippen LogP contribution in [0.3, 0.4) is 0 Å². The van der Waals surface area contributed by atoms with E-state index in [-0.39, 0.29) is 6.71 Å². The quantitative estimate of drug-likeness (QED) is 0.163. The third kappa shape index (κ3) is 6.92. The van der Waals surface area contributed by atoms with Crippen LogP contribution in [0.2, 0.25) is 0 Å². The molecule has 0 unspecified atom stereocenters. The zero-order valence-electron chi connectivity index (χ0n) is 59.2. The molecule has 2 aliphatic heterocycles. The Kier molecular flexibility index (Phi) is 11.2. The highest BCUT2D eigenvalue weighted by molar-refractivity contribution is 7.00. The number of fused-ring (bicyclic) bond motifs is 38. The number of hydrogen-bond acceptors (Lipinski definition) is 2. The van der Waals surface area contributed by atoms with Gasteiger partial charge in [0.2, 0.25) is 0 Å². The van der Waals surface area contributed by atoms with Crippen LogP contribution >= 0.6 is 0 Å². The number of benzene rings is 17. The molecule has 0 amide bonds. The molecule has 17 aromatic carbocycles. The fourth-order valence-corrected chi connectivity index (χ4v) is 22.8. The molecule has 0 bridgehead atoms. The predicted octanol–water partition coefficient (Wildman–Crippen LogP) is 23.6. The molecule has 3 spiro atoms. The average molecular weight is 1380 g/mol. The summed E-state index contributed by atoms with van der Waals surface area (Å²) in [6.07, 6.45) is 0. The minimum absolute atomic E-state index is 0.307. The first-order chi connectivity index (χ1) is 54.1. The maximum Gasteiger partial charge on any atom is 0.252 e. The zero-order chi connectivity index (χ0) is 70.7. The Morgan fingerprint density at radius 2 is 0.615 bits per heavy atom. The third-order valence-electron chi connectivity index (χ3n) is 26.6. The SMILES string of the molecule is c1ccc(-c2ccc(N3c4cc5c(cc4B4c6ccc7c(c6N(c6cccc8c6-c6ccccc6C86c8ccccc8-c8ccccc86)c6cc(-n8c9ccccc9c9ccccc98)cc3c64)C3(c4ccccc4-c4ccccc43)c3ccccc3-7)C3(c4ccccc4-c4ccccc43)c3ccccc3-5)cc2)cc1. The molecule has 0 fully saturated rings. The van der Waals surface area contributed by atoms with E-state index in [0.29, 0.717) is 0 Å². The molecule has 500 valence electrons. The largest absolute Gasteiger partial charge is 0.311 e. The number of para-hydroxylation sites is 2. The molecule has 8 aliphatic rings. The summed E-state index contributed by atoms with van der Waals surface area (Å²) in [4.78, 5) is 5.54. The van der Waals surface area contributed by atoms with Crippen molar-refractivity contribution in [1.82, 2.24) is 4.57 Å². The Morgan fingerprint density at radius 1 is 0.220 bits per heavy atom. The Labute approximate surface area is 631 Å². The van der Waals surface area contributed by atoms with Gasteiger partial charge in [-0.05, 0) is 198 Å². The van der Waals surface area contributed by atoms with E-state index in [1.807, 2.05) is 0 Å². The molecule has 0 saturated carbocycles. The van der Waals surface area contributed by atoms with Crippen molar-refractivity contribution in [2.45, 2.75) is 16.2 Å². The Balaban J connectivity index is 0.867. The first-order valence-corrected chi connectivity index (χ1v) is 38.4. The van der Waals surface area contributed by atoms with E-state index in [4.69, 9.17) is 0 Å². The Hall–Kier alpha value is -13.8. The molecule has 3 nitrogen and oxygen atoms in total. The summed E-state index contributed by atoms with van der Waals surface area (Å²) in [5.74, 6) is 0. The van der Waals surface area contributed by atoms with Crippen molar-refractivity contribution in [3.63, 3.8) is 0 Å². The molecule has 26 rings (SSSR count). The van der Waals surface area contributed by atoms with Gasteiger partial charge in [-0.15, -0.1) is 0 Å². The number of hydrogen-bond donors (Lipinski definition) is 0. The van der Waals surface area contributed by atoms with Gasteiger partial charge in [0, 0.05) is 50.3 Å². The van der Waals surface area contributed by atoms with Crippen molar-refractivity contribution < 1.29 is 0 Å². The van der Waals surface area contributed by atoms with Crippen LogP contribution in [0.15, 0.2) is 376 Å². The number of nitrogens with zero attached hydrogens (tertiary/aromatic N) is 3. The van der Waals surface area contributed by atoms with Crippen LogP contribution in [-0.2, 0) is 16.2 Å². The van der Waals surface area contributed by atoms with Crippen molar-refractivity contribution >= 4 is 79.0 Å². The molecule has 4 heteroatoms. The third-order valence-corrected chi connectivity index (χ3v) is 26.6. The van der Waals surface area contributed by atoms with E-state index in [9.17, 15) is 0 Å². The fraction of sp³-hybridized carbons (Fsp3) is 0.0286. The second kappa shape index (κ2) is 20.8. The lowest BCUT2D eigenvalue weighted by atomic mass is 9.33. The molecule has 0 N–H and O–H groups in total. The van der Waals surface area contributed by atoms with Gasteiger partial charge in [-0.2, -0.15) is 0 Å². The molecule has 0 saturated heterocycles. The van der Waals surface area contributed by atoms with Gasteiger partial charge in [0.25, 0.3) is 6.71 Å². The Bertz CT molecular complexity index is 6950. The van der Waals surface area contributed by atoms with Crippen LogP contribution in [0, 0.1) is 0 Å². The van der Waals surface area contributed by atoms with E-state index in [1.54, 1.807) is 0 Å². The smallest absolute Gasteiger partial charge is 0.252 e. The van der Waals surface area contributed by atoms with Gasteiger partial charge in [-0.3, -0.25) is 0 Å². The normalized spacial score (nSPS) is 15.0. The maximum absolute atomic E-state index is 2.86. The Morgan fingerprint density at radius 3 is 1.13 bits per heavy atom. The molecule has 0 radical (unpaired) electrons. The minimum atomic E-state index is -0.751. The monoisotopic (exact) mass is 1380 g/mol. The highest BCUT2D eigenvalue weighted by atomic mass is 15.2. The average Bonchev–Trinajstić information content (AvgIpc) is 1.52. The standard InChI is InChI=1S/C105H62BN3/c1-2-27-63(28-3-1)64-53-55-65(56-54-64)107-96-61-79-74-36-11-19-44-84(74)104(82-42-17-6-31-69(82)70-32-7-18-43-83(70)104)90(79)62-92(96)106-91-58-57-77-73-35-10-22-47-87(73)105(85-45-20-8-33-71(85)72-34-9-21-46-86(72)105)100(77)102(91)109(98-60-66(59-97(107)101(98)106)108-93-50-24-13-37-75(93)76-38-14-25-51-94(76)108)95-52-26-49-89-99(95)78-39-12-23-48-88(78)103(89)80-40-15-4-29-67(80)68-30-5-16-41-81(68)103/h1-62H. The molecule has 3 heterocycles. The van der Waals surface area contributed by atoms with Crippen molar-refractivity contribution in [3.8, 4) is 83.6 Å². The van der Waals surface area contributed by atoms with Gasteiger partial charge in [0.15, 0.2) is 0 Å². The van der Waals surface area contributed by atoms with E-state index < -0.39 is 16.2 Å². The molecule has 0 atom stereocenters. The highest BCUT2D eigenvalue weighted by Crippen LogP contribution is 2.70. The second-order valence-corrected chi connectivity index (χ2v) is 31.0. The first-order valence-electron chi connectivity index (χ1n) is 38.4. The summed E-state index contributed by atoms with van der Waals surface area (Å²) < 4.78 is 2.58. The van der Waals surface area contributed by atoms with Crippen LogP contribution < -0.4 is 26.2 Å². The summed E-state index contributed by atoms with van der Waals surface area (Å²) in [5, 5.41) is 2.44. The maximum atomic E-state index is 2.86. The fourth-order valence-electron chi connectivity index (χ4n) is 22.8. The summed E-state index contributed by atoms with van der Waals surface area (Å²) in [6, 6.07) is 146. The molecular formula is C105H62BN3. The summed E-state index contributed by atoms with van der Waals surface area (Å²) in [6.45, 7) is -0.307. The van der Waals surface area contributed by atoms with E-state index in [2.05, 4.69) is 390 Å². The van der Waals surface area contributed by atoms with E-state index in [0.717, 1.165) is 39.5 Å². The summed E-state index contributed by atoms with van der Waals surface area (Å²) in [7, 11) is 0. The van der Waals surface area contributed by atoms with Crippen LogP contribution in [0.5, 0.6) is 0 Å². The number of aromatic nitrogens is 1. The van der Waals surface area contributed by atoms with Gasteiger partial charge < -0.3 is 14.4 Å². The second-order valence-electron chi connectivity index (χ2n) is 31.0. The van der Waals surface area contributed by atoms with E-state index >= 15 is 0 Å². The van der Waals surface area contributed by atoms with Gasteiger partial charge in [0.05, 0.1) is 38.7 Å². The summed E-state index contributed by atoms with van der Waals surface area (Å²) in [5.41, 5.74) is 45.6. The number of rotatable bonds is 4. The molecule has 18 aromatic rings.